The number of nitrogens with one attached hydrogen (secondary N) is 1. The van der Waals surface area contributed by atoms with E-state index in [9.17, 15) is 0 Å². The van der Waals surface area contributed by atoms with E-state index < -0.39 is 0 Å². The number of ether oxygens (including phenoxy) is 1. The second-order valence-corrected chi connectivity index (χ2v) is 4.79. The highest BCUT2D eigenvalue weighted by Crippen LogP contribution is 2.23. The van der Waals surface area contributed by atoms with Crippen LogP contribution in [0.25, 0.3) is 0 Å². The normalized spacial score (nSPS) is 12.5. The zero-order valence-corrected chi connectivity index (χ0v) is 11.7. The van der Waals surface area contributed by atoms with E-state index in [1.54, 1.807) is 0 Å². The summed E-state index contributed by atoms with van der Waals surface area (Å²) in [5, 5.41) is 4.05. The Balaban J connectivity index is 2.68. The topological polar surface area (TPSA) is 21.3 Å². The van der Waals surface area contributed by atoms with E-state index >= 15 is 0 Å². The van der Waals surface area contributed by atoms with Crippen LogP contribution in [0, 0.1) is 5.92 Å². The molecule has 0 aliphatic heterocycles. The molecule has 0 radical (unpaired) electrons. The smallest absolute Gasteiger partial charge is 0.123 e. The van der Waals surface area contributed by atoms with E-state index in [1.807, 2.05) is 18.2 Å². The molecule has 0 bridgehead atoms. The molecule has 1 unspecified atom stereocenters. The minimum Gasteiger partial charge on any atom is -0.493 e. The Kier molecular flexibility index (Phi) is 6.38. The van der Waals surface area contributed by atoms with Gasteiger partial charge >= 0.3 is 0 Å². The molecule has 0 aliphatic rings. The van der Waals surface area contributed by atoms with Crippen LogP contribution in [-0.4, -0.2) is 13.2 Å². The first-order valence-corrected chi connectivity index (χ1v) is 6.67. The summed E-state index contributed by atoms with van der Waals surface area (Å²) in [5.41, 5.74) is 1.13. The van der Waals surface area contributed by atoms with Gasteiger partial charge in [0.1, 0.15) is 5.75 Å². The lowest BCUT2D eigenvalue weighted by atomic mass is 10.1. The van der Waals surface area contributed by atoms with Crippen molar-refractivity contribution in [2.75, 3.05) is 13.2 Å². The number of halogens is 1. The third-order valence-electron chi connectivity index (χ3n) is 2.81. The van der Waals surface area contributed by atoms with Crippen LogP contribution >= 0.6 is 11.6 Å². The molecule has 0 heterocycles. The summed E-state index contributed by atoms with van der Waals surface area (Å²) in [7, 11) is 0. The van der Waals surface area contributed by atoms with Crippen LogP contribution in [0.4, 0.5) is 0 Å². The predicted molar refractivity (Wildman–Crippen MR) is 73.8 cm³/mol. The lowest BCUT2D eigenvalue weighted by Gasteiger charge is -2.15. The molecule has 0 spiro atoms. The van der Waals surface area contributed by atoms with Crippen LogP contribution in [0.5, 0.6) is 5.75 Å². The van der Waals surface area contributed by atoms with E-state index in [1.165, 1.54) is 0 Å². The molecule has 2 nitrogen and oxygen atoms in total. The van der Waals surface area contributed by atoms with Gasteiger partial charge in [0, 0.05) is 17.1 Å². The molecule has 3 heteroatoms. The van der Waals surface area contributed by atoms with Crippen molar-refractivity contribution < 1.29 is 4.74 Å². The fourth-order valence-corrected chi connectivity index (χ4v) is 1.63. The van der Waals surface area contributed by atoms with Crippen LogP contribution in [0.2, 0.25) is 5.02 Å². The third-order valence-corrected chi connectivity index (χ3v) is 3.04. The van der Waals surface area contributed by atoms with Crippen molar-refractivity contribution in [3.63, 3.8) is 0 Å². The minimum absolute atomic E-state index is 0.581. The third kappa shape index (κ3) is 4.97. The van der Waals surface area contributed by atoms with Crippen LogP contribution < -0.4 is 10.1 Å². The standard InChI is InChI=1S/C14H22ClNO/c1-4-11(3)10-17-14-7-6-13(15)8-12(14)9-16-5-2/h6-8,11,16H,4-5,9-10H2,1-3H3. The molecule has 1 atom stereocenters. The van der Waals surface area contributed by atoms with Gasteiger partial charge in [-0.05, 0) is 30.7 Å². The monoisotopic (exact) mass is 255 g/mol. The summed E-state index contributed by atoms with van der Waals surface area (Å²) >= 11 is 6.00. The summed E-state index contributed by atoms with van der Waals surface area (Å²) in [4.78, 5) is 0. The Morgan fingerprint density at radius 3 is 2.76 bits per heavy atom. The molecule has 17 heavy (non-hydrogen) atoms. The number of rotatable bonds is 7. The van der Waals surface area contributed by atoms with Crippen molar-refractivity contribution in [1.82, 2.24) is 5.32 Å². The summed E-state index contributed by atoms with van der Waals surface area (Å²) in [6.07, 6.45) is 1.14. The van der Waals surface area contributed by atoms with Gasteiger partial charge in [0.15, 0.2) is 0 Å². The van der Waals surface area contributed by atoms with Crippen molar-refractivity contribution >= 4 is 11.6 Å². The molecule has 96 valence electrons. The van der Waals surface area contributed by atoms with E-state index in [0.29, 0.717) is 5.92 Å². The predicted octanol–water partition coefficient (Wildman–Crippen LogP) is 3.87. The number of hydrogen-bond donors (Lipinski definition) is 1. The maximum absolute atomic E-state index is 6.00. The van der Waals surface area contributed by atoms with Crippen molar-refractivity contribution in [2.45, 2.75) is 33.7 Å². The highest BCUT2D eigenvalue weighted by Gasteiger charge is 2.06. The van der Waals surface area contributed by atoms with Gasteiger partial charge in [-0.3, -0.25) is 0 Å². The van der Waals surface area contributed by atoms with Gasteiger partial charge in [-0.2, -0.15) is 0 Å². The Bertz CT molecular complexity index is 341. The van der Waals surface area contributed by atoms with Crippen LogP contribution in [0.3, 0.4) is 0 Å². The molecule has 0 amide bonds. The van der Waals surface area contributed by atoms with Gasteiger partial charge in [0.25, 0.3) is 0 Å². The highest BCUT2D eigenvalue weighted by molar-refractivity contribution is 6.30. The number of hydrogen-bond acceptors (Lipinski definition) is 2. The Labute approximate surface area is 109 Å². The van der Waals surface area contributed by atoms with E-state index in [4.69, 9.17) is 16.3 Å². The average Bonchev–Trinajstić information content (AvgIpc) is 2.34. The molecule has 0 saturated carbocycles. The molecular weight excluding hydrogens is 234 g/mol. The Morgan fingerprint density at radius 2 is 2.12 bits per heavy atom. The maximum atomic E-state index is 6.00. The first-order chi connectivity index (χ1) is 8.17. The maximum Gasteiger partial charge on any atom is 0.123 e. The summed E-state index contributed by atoms with van der Waals surface area (Å²) in [6, 6.07) is 5.80. The summed E-state index contributed by atoms with van der Waals surface area (Å²) < 4.78 is 5.84. The zero-order valence-electron chi connectivity index (χ0n) is 10.9. The van der Waals surface area contributed by atoms with Crippen molar-refractivity contribution in [3.05, 3.63) is 28.8 Å². The van der Waals surface area contributed by atoms with Gasteiger partial charge in [0.05, 0.1) is 6.61 Å². The number of benzene rings is 1. The van der Waals surface area contributed by atoms with Crippen molar-refractivity contribution in [3.8, 4) is 5.75 Å². The van der Waals surface area contributed by atoms with Crippen molar-refractivity contribution in [2.24, 2.45) is 5.92 Å². The Morgan fingerprint density at radius 1 is 1.35 bits per heavy atom. The fraction of sp³-hybridized carbons (Fsp3) is 0.571. The van der Waals surface area contributed by atoms with Gasteiger partial charge in [-0.25, -0.2) is 0 Å². The fourth-order valence-electron chi connectivity index (χ4n) is 1.44. The molecule has 1 rings (SSSR count). The van der Waals surface area contributed by atoms with Crippen LogP contribution in [-0.2, 0) is 6.54 Å². The van der Waals surface area contributed by atoms with Gasteiger partial charge in [0.2, 0.25) is 0 Å². The average molecular weight is 256 g/mol. The lowest BCUT2D eigenvalue weighted by Crippen LogP contribution is -2.14. The first kappa shape index (κ1) is 14.3. The summed E-state index contributed by atoms with van der Waals surface area (Å²) in [6.45, 7) is 8.96. The SMILES string of the molecule is CCNCc1cc(Cl)ccc1OCC(C)CC. The molecule has 1 aromatic rings. The van der Waals surface area contributed by atoms with Gasteiger partial charge < -0.3 is 10.1 Å². The molecule has 0 aromatic heterocycles. The summed E-state index contributed by atoms with van der Waals surface area (Å²) in [5.74, 6) is 1.52. The largest absolute Gasteiger partial charge is 0.493 e. The molecule has 0 saturated heterocycles. The zero-order chi connectivity index (χ0) is 12.7. The molecular formula is C14H22ClNO. The second-order valence-electron chi connectivity index (χ2n) is 4.36. The van der Waals surface area contributed by atoms with E-state index in [2.05, 4.69) is 26.1 Å². The molecule has 1 aromatic carbocycles. The second kappa shape index (κ2) is 7.57. The van der Waals surface area contributed by atoms with Gasteiger partial charge in [-0.1, -0.05) is 38.8 Å². The molecule has 0 aliphatic carbocycles. The first-order valence-electron chi connectivity index (χ1n) is 6.29. The minimum atomic E-state index is 0.581. The van der Waals surface area contributed by atoms with Crippen LogP contribution in [0.15, 0.2) is 18.2 Å². The Hall–Kier alpha value is -0.730. The van der Waals surface area contributed by atoms with Crippen molar-refractivity contribution in [1.29, 1.82) is 0 Å². The quantitative estimate of drug-likeness (QED) is 0.799. The molecule has 0 fully saturated rings. The van der Waals surface area contributed by atoms with E-state index in [0.717, 1.165) is 42.5 Å². The molecule has 1 N–H and O–H groups in total. The lowest BCUT2D eigenvalue weighted by molar-refractivity contribution is 0.254. The highest BCUT2D eigenvalue weighted by atomic mass is 35.5. The van der Waals surface area contributed by atoms with Crippen LogP contribution in [0.1, 0.15) is 32.8 Å². The van der Waals surface area contributed by atoms with E-state index in [-0.39, 0.29) is 0 Å². The van der Waals surface area contributed by atoms with Gasteiger partial charge in [-0.15, -0.1) is 0 Å².